The van der Waals surface area contributed by atoms with Gasteiger partial charge in [0, 0.05) is 44.5 Å². The van der Waals surface area contributed by atoms with E-state index in [1.807, 2.05) is 0 Å². The standard InChI is InChI=1S/C25H33N7O6/c33-22-14-20(25(36)27-5-7-32-8-11-37-12-9-32)31-23(34)18-3-1-2-4-21(18)38-10-6-28-24(35)19(30-22)13-17-15-26-16-29-17/h1-4,15-16,19-20H,5-14H2,(H,26,29)(H,27,36)(H,28,35)(H,30,33)(H,31,34)/t19-,20-/m0/s1. The molecule has 5 N–H and O–H groups in total. The summed E-state index contributed by atoms with van der Waals surface area (Å²) >= 11 is 0. The SMILES string of the molecule is O=C1C[C@@H](C(=O)NCCN2CCOCC2)NC(=O)c2ccccc2OCCNC(=O)[C@H](Cc2cnc[nH]2)N1. The van der Waals surface area contributed by atoms with E-state index in [0.29, 0.717) is 37.7 Å². The van der Waals surface area contributed by atoms with Crippen LogP contribution in [-0.2, 0) is 25.5 Å². The van der Waals surface area contributed by atoms with Crippen LogP contribution in [0.1, 0.15) is 22.5 Å². The van der Waals surface area contributed by atoms with Crippen molar-refractivity contribution in [3.8, 4) is 5.75 Å². The molecule has 13 nitrogen and oxygen atoms in total. The molecule has 4 amide bonds. The fourth-order valence-electron chi connectivity index (χ4n) is 4.23. The second-order valence-electron chi connectivity index (χ2n) is 9.01. The number of ether oxygens (including phenoxy) is 2. The van der Waals surface area contributed by atoms with E-state index in [1.165, 1.54) is 6.33 Å². The van der Waals surface area contributed by atoms with Gasteiger partial charge in [0.15, 0.2) is 0 Å². The van der Waals surface area contributed by atoms with Crippen LogP contribution in [-0.4, -0.2) is 103 Å². The van der Waals surface area contributed by atoms with Gasteiger partial charge in [-0.25, -0.2) is 4.98 Å². The van der Waals surface area contributed by atoms with Crippen LogP contribution < -0.4 is 26.0 Å². The fourth-order valence-corrected chi connectivity index (χ4v) is 4.23. The van der Waals surface area contributed by atoms with Gasteiger partial charge in [-0.15, -0.1) is 0 Å². The lowest BCUT2D eigenvalue weighted by molar-refractivity contribution is -0.131. The number of hydrogen-bond donors (Lipinski definition) is 5. The first-order valence-electron chi connectivity index (χ1n) is 12.6. The minimum absolute atomic E-state index is 0.103. The van der Waals surface area contributed by atoms with Gasteiger partial charge in [-0.05, 0) is 12.1 Å². The van der Waals surface area contributed by atoms with Crippen LogP contribution >= 0.6 is 0 Å². The van der Waals surface area contributed by atoms with Crippen LogP contribution in [0.15, 0.2) is 36.8 Å². The summed E-state index contributed by atoms with van der Waals surface area (Å²) in [5, 5.41) is 10.9. The highest BCUT2D eigenvalue weighted by atomic mass is 16.5. The summed E-state index contributed by atoms with van der Waals surface area (Å²) in [6, 6.07) is 4.52. The second kappa shape index (κ2) is 13.5. The number of fused-ring (bicyclic) bond motifs is 1. The Hall–Kier alpha value is -3.97. The zero-order valence-electron chi connectivity index (χ0n) is 21.0. The van der Waals surface area contributed by atoms with Crippen molar-refractivity contribution in [2.24, 2.45) is 0 Å². The number of aromatic nitrogens is 2. The molecule has 3 heterocycles. The molecule has 2 aromatic rings. The van der Waals surface area contributed by atoms with Crippen molar-refractivity contribution >= 4 is 23.6 Å². The Labute approximate surface area is 220 Å². The quantitative estimate of drug-likeness (QED) is 0.305. The molecule has 2 aliphatic heterocycles. The summed E-state index contributed by atoms with van der Waals surface area (Å²) in [6.45, 7) is 4.06. The Morgan fingerprint density at radius 3 is 2.71 bits per heavy atom. The van der Waals surface area contributed by atoms with E-state index in [0.717, 1.165) is 13.1 Å². The molecule has 1 aromatic heterocycles. The van der Waals surface area contributed by atoms with E-state index < -0.39 is 35.7 Å². The average molecular weight is 528 g/mol. The predicted molar refractivity (Wildman–Crippen MR) is 135 cm³/mol. The van der Waals surface area contributed by atoms with E-state index in [4.69, 9.17) is 9.47 Å². The van der Waals surface area contributed by atoms with Crippen LogP contribution in [0.5, 0.6) is 5.75 Å². The van der Waals surface area contributed by atoms with E-state index in [-0.39, 0.29) is 31.6 Å². The normalized spacial score (nSPS) is 21.6. The maximum Gasteiger partial charge on any atom is 0.255 e. The molecular weight excluding hydrogens is 494 g/mol. The molecule has 0 radical (unpaired) electrons. The monoisotopic (exact) mass is 527 g/mol. The van der Waals surface area contributed by atoms with Gasteiger partial charge in [-0.1, -0.05) is 12.1 Å². The minimum Gasteiger partial charge on any atom is -0.491 e. The third kappa shape index (κ3) is 7.76. The number of benzene rings is 1. The first-order valence-corrected chi connectivity index (χ1v) is 12.6. The van der Waals surface area contributed by atoms with Crippen molar-refractivity contribution in [1.29, 1.82) is 0 Å². The summed E-state index contributed by atoms with van der Waals surface area (Å²) < 4.78 is 11.1. The summed E-state index contributed by atoms with van der Waals surface area (Å²) in [5.41, 5.74) is 0.877. The topological polar surface area (TPSA) is 167 Å². The van der Waals surface area contributed by atoms with E-state index >= 15 is 0 Å². The Morgan fingerprint density at radius 1 is 1.11 bits per heavy atom. The van der Waals surface area contributed by atoms with Gasteiger partial charge in [-0.3, -0.25) is 24.1 Å². The van der Waals surface area contributed by atoms with Crippen molar-refractivity contribution in [3.05, 3.63) is 48.0 Å². The second-order valence-corrected chi connectivity index (χ2v) is 9.01. The third-order valence-corrected chi connectivity index (χ3v) is 6.26. The Morgan fingerprint density at radius 2 is 1.92 bits per heavy atom. The maximum atomic E-state index is 13.1. The number of para-hydroxylation sites is 1. The van der Waals surface area contributed by atoms with Crippen LogP contribution in [0.3, 0.4) is 0 Å². The van der Waals surface area contributed by atoms with Gasteiger partial charge in [-0.2, -0.15) is 0 Å². The predicted octanol–water partition coefficient (Wildman–Crippen LogP) is -1.42. The van der Waals surface area contributed by atoms with Crippen molar-refractivity contribution in [2.45, 2.75) is 24.9 Å². The minimum atomic E-state index is -1.17. The molecule has 204 valence electrons. The lowest BCUT2D eigenvalue weighted by Gasteiger charge is -2.27. The number of amides is 4. The summed E-state index contributed by atoms with van der Waals surface area (Å²) in [5.74, 6) is -1.70. The molecule has 1 fully saturated rings. The molecule has 38 heavy (non-hydrogen) atoms. The van der Waals surface area contributed by atoms with Gasteiger partial charge < -0.3 is 35.7 Å². The highest BCUT2D eigenvalue weighted by Crippen LogP contribution is 2.18. The van der Waals surface area contributed by atoms with Crippen LogP contribution in [0.4, 0.5) is 0 Å². The molecule has 0 aliphatic carbocycles. The number of rotatable bonds is 6. The zero-order chi connectivity index (χ0) is 26.7. The van der Waals surface area contributed by atoms with Crippen molar-refractivity contribution in [1.82, 2.24) is 36.1 Å². The molecule has 13 heteroatoms. The number of hydrogen-bond acceptors (Lipinski definition) is 8. The lowest BCUT2D eigenvalue weighted by Crippen LogP contribution is -2.53. The van der Waals surface area contributed by atoms with Crippen LogP contribution in [0, 0.1) is 0 Å². The highest BCUT2D eigenvalue weighted by Gasteiger charge is 2.29. The number of H-pyrrole nitrogens is 1. The molecule has 0 spiro atoms. The molecule has 2 aliphatic rings. The highest BCUT2D eigenvalue weighted by molar-refractivity contribution is 6.01. The Bertz CT molecular complexity index is 1100. The van der Waals surface area contributed by atoms with E-state index in [1.54, 1.807) is 30.5 Å². The molecule has 4 rings (SSSR count). The summed E-state index contributed by atoms with van der Waals surface area (Å²) in [7, 11) is 0. The van der Waals surface area contributed by atoms with Crippen molar-refractivity contribution in [2.75, 3.05) is 52.5 Å². The number of carbonyl (C=O) groups excluding carboxylic acids is 4. The molecule has 1 aromatic carbocycles. The van der Waals surface area contributed by atoms with Gasteiger partial charge in [0.05, 0.1) is 38.1 Å². The van der Waals surface area contributed by atoms with E-state index in [9.17, 15) is 19.2 Å². The molecule has 0 saturated carbocycles. The molecule has 0 bridgehead atoms. The smallest absolute Gasteiger partial charge is 0.255 e. The largest absolute Gasteiger partial charge is 0.491 e. The number of imidazole rings is 1. The van der Waals surface area contributed by atoms with Crippen molar-refractivity contribution in [3.63, 3.8) is 0 Å². The maximum absolute atomic E-state index is 13.1. The number of nitrogens with zero attached hydrogens (tertiary/aromatic N) is 2. The summed E-state index contributed by atoms with van der Waals surface area (Å²) in [6.07, 6.45) is 2.86. The van der Waals surface area contributed by atoms with Gasteiger partial charge >= 0.3 is 0 Å². The molecular formula is C25H33N7O6. The summed E-state index contributed by atoms with van der Waals surface area (Å²) in [4.78, 5) is 61.2. The van der Waals surface area contributed by atoms with E-state index in [2.05, 4.69) is 36.1 Å². The molecule has 1 saturated heterocycles. The lowest BCUT2D eigenvalue weighted by atomic mass is 10.1. The number of carbonyl (C=O) groups is 4. The van der Waals surface area contributed by atoms with Gasteiger partial charge in [0.1, 0.15) is 24.4 Å². The third-order valence-electron chi connectivity index (χ3n) is 6.26. The van der Waals surface area contributed by atoms with Crippen molar-refractivity contribution < 1.29 is 28.7 Å². The molecule has 0 unspecified atom stereocenters. The number of morpholine rings is 1. The zero-order valence-corrected chi connectivity index (χ0v) is 21.0. The number of nitrogens with one attached hydrogen (secondary N) is 5. The fraction of sp³-hybridized carbons (Fsp3) is 0.480. The molecule has 2 atom stereocenters. The van der Waals surface area contributed by atoms with Gasteiger partial charge in [0.2, 0.25) is 17.7 Å². The Kier molecular flexibility index (Phi) is 9.65. The van der Waals surface area contributed by atoms with Crippen LogP contribution in [0.25, 0.3) is 0 Å². The van der Waals surface area contributed by atoms with Gasteiger partial charge in [0.25, 0.3) is 5.91 Å². The number of aromatic amines is 1. The first kappa shape index (κ1) is 27.1. The van der Waals surface area contributed by atoms with Crippen LogP contribution in [0.2, 0.25) is 0 Å². The Balaban J connectivity index is 1.49. The first-order chi connectivity index (χ1) is 18.5. The average Bonchev–Trinajstić information content (AvgIpc) is 3.43.